The number of hydrogen-bond acceptors (Lipinski definition) is 3. The highest BCUT2D eigenvalue weighted by atomic mass is 28.3. The Morgan fingerprint density at radius 2 is 0.821 bits per heavy atom. The summed E-state index contributed by atoms with van der Waals surface area (Å²) in [5.41, 5.74) is 17.0. The Balaban J connectivity index is 1.07. The second kappa shape index (κ2) is 20.8. The molecule has 0 radical (unpaired) electrons. The lowest BCUT2D eigenvalue weighted by molar-refractivity contribution is 0.557. The molecular weight excluding hydrogens is 1030 g/mol. The summed E-state index contributed by atoms with van der Waals surface area (Å²) in [4.78, 5) is 10.4. The second-order valence-electron chi connectivity index (χ2n) is 28.3. The average Bonchev–Trinajstić information content (AvgIpc) is 1.43. The summed E-state index contributed by atoms with van der Waals surface area (Å²) in [5, 5.41) is 7.67. The lowest BCUT2D eigenvalue weighted by Crippen LogP contribution is -2.74. The van der Waals surface area contributed by atoms with Crippen LogP contribution < -0.4 is 30.5 Å². The number of nitrogens with zero attached hydrogens (tertiary/aromatic N) is 4. The Labute approximate surface area is 501 Å². The van der Waals surface area contributed by atoms with E-state index in [4.69, 9.17) is 4.98 Å². The molecule has 12 rings (SSSR count). The van der Waals surface area contributed by atoms with E-state index in [2.05, 4.69) is 336 Å². The van der Waals surface area contributed by atoms with Gasteiger partial charge in [-0.05, 0) is 154 Å². The van der Waals surface area contributed by atoms with Gasteiger partial charge in [-0.3, -0.25) is 4.57 Å². The van der Waals surface area contributed by atoms with Crippen molar-refractivity contribution in [3.63, 3.8) is 0 Å². The Bertz CT molecular complexity index is 4130. The molecule has 84 heavy (non-hydrogen) atoms. The standard InChI is InChI=1S/C79H82N4Si/c1-75(2,3)57-44-58(76(4,5)6)47-61(46-57)79(13,14)56-41-42-80-74(50-56)83-70-40-37-55(54-27-18-15-19-28-54)43-69(70)68-39-38-67(52-73(68)83)84(64-30-20-16-21-31-64,65-32-22-17-23-33-65)66-34-26-29-62(51-66)81-53-82(72-36-25-24-35-71(72)81)63-48-59(77(7,8)9)45-60(49-63)78(10,11)12/h15-52H,53H2,1-14H3. The molecule has 0 spiro atoms. The van der Waals surface area contributed by atoms with E-state index in [0.29, 0.717) is 6.67 Å². The molecule has 0 amide bonds. The summed E-state index contributed by atoms with van der Waals surface area (Å²) in [5.74, 6) is 0.904. The zero-order valence-electron chi connectivity index (χ0n) is 51.9. The van der Waals surface area contributed by atoms with Crippen LogP contribution in [-0.2, 0) is 27.1 Å². The third kappa shape index (κ3) is 10.1. The van der Waals surface area contributed by atoms with Gasteiger partial charge in [0.1, 0.15) is 12.5 Å². The van der Waals surface area contributed by atoms with E-state index >= 15 is 0 Å². The molecule has 0 aliphatic carbocycles. The summed E-state index contributed by atoms with van der Waals surface area (Å²) in [7, 11) is -3.17. The van der Waals surface area contributed by atoms with Crippen LogP contribution in [0.25, 0.3) is 38.8 Å². The minimum absolute atomic E-state index is 0.00911. The Kier molecular flexibility index (Phi) is 13.9. The molecule has 2 aromatic heterocycles. The Hall–Kier alpha value is -8.25. The number of para-hydroxylation sites is 2. The largest absolute Gasteiger partial charge is 0.321 e. The van der Waals surface area contributed by atoms with Crippen molar-refractivity contribution in [3.8, 4) is 16.9 Å². The van der Waals surface area contributed by atoms with E-state index in [0.717, 1.165) is 16.9 Å². The van der Waals surface area contributed by atoms with Gasteiger partial charge in [-0.25, -0.2) is 4.98 Å². The molecule has 0 fully saturated rings. The highest BCUT2D eigenvalue weighted by Gasteiger charge is 2.43. The topological polar surface area (TPSA) is 24.3 Å². The van der Waals surface area contributed by atoms with Gasteiger partial charge in [0, 0.05) is 33.8 Å². The molecule has 422 valence electrons. The van der Waals surface area contributed by atoms with Crippen LogP contribution in [0.4, 0.5) is 22.7 Å². The number of fused-ring (bicyclic) bond motifs is 4. The van der Waals surface area contributed by atoms with Gasteiger partial charge in [0.25, 0.3) is 0 Å². The first-order valence-electron chi connectivity index (χ1n) is 30.2. The second-order valence-corrected chi connectivity index (χ2v) is 32.1. The molecular formula is C79H82N4Si. The first-order chi connectivity index (χ1) is 39.9. The van der Waals surface area contributed by atoms with Crippen LogP contribution in [0.3, 0.4) is 0 Å². The number of pyridine rings is 1. The lowest BCUT2D eigenvalue weighted by atomic mass is 9.72. The SMILES string of the molecule is CC(C)(C)c1cc(N2CN(c3cccc([Si](c4ccccc4)(c4ccccc4)c4ccc5c6cc(-c7ccccc7)ccc6n(-c6cc(C(C)(C)c7cc(C(C)(C)C)cc(C(C)(C)C)c7)ccn6)c5c4)c3)c3ccccc32)cc(C(C)(C)C)c1. The number of benzene rings is 9. The normalized spacial score (nSPS) is 13.5. The van der Waals surface area contributed by atoms with Crippen LogP contribution in [0.2, 0.25) is 0 Å². The molecule has 0 bridgehead atoms. The monoisotopic (exact) mass is 1110 g/mol. The van der Waals surface area contributed by atoms with Gasteiger partial charge >= 0.3 is 0 Å². The summed E-state index contributed by atoms with van der Waals surface area (Å²) < 4.78 is 2.45. The van der Waals surface area contributed by atoms with Crippen LogP contribution >= 0.6 is 0 Å². The van der Waals surface area contributed by atoms with Gasteiger partial charge in [-0.2, -0.15) is 0 Å². The Morgan fingerprint density at radius 3 is 1.38 bits per heavy atom. The maximum Gasteiger partial charge on any atom is 0.179 e. The molecule has 1 aliphatic heterocycles. The van der Waals surface area contributed by atoms with Crippen molar-refractivity contribution in [2.75, 3.05) is 16.5 Å². The van der Waals surface area contributed by atoms with Crippen molar-refractivity contribution < 1.29 is 0 Å². The maximum absolute atomic E-state index is 5.35. The van der Waals surface area contributed by atoms with Crippen molar-refractivity contribution >= 4 is 73.4 Å². The first-order valence-corrected chi connectivity index (χ1v) is 32.2. The summed E-state index contributed by atoms with van der Waals surface area (Å²) in [6.45, 7) is 33.4. The zero-order chi connectivity index (χ0) is 59.1. The van der Waals surface area contributed by atoms with Crippen molar-refractivity contribution in [2.45, 2.75) is 124 Å². The number of anilines is 4. The van der Waals surface area contributed by atoms with Crippen LogP contribution in [0.5, 0.6) is 0 Å². The fourth-order valence-electron chi connectivity index (χ4n) is 12.8. The minimum atomic E-state index is -3.17. The summed E-state index contributed by atoms with van der Waals surface area (Å²) >= 11 is 0. The molecule has 0 saturated carbocycles. The number of rotatable bonds is 10. The molecule has 1 aliphatic rings. The quantitative estimate of drug-likeness (QED) is 0.101. The molecule has 0 atom stereocenters. The van der Waals surface area contributed by atoms with Gasteiger partial charge in [-0.1, -0.05) is 255 Å². The van der Waals surface area contributed by atoms with Crippen molar-refractivity contribution in [2.24, 2.45) is 0 Å². The lowest BCUT2D eigenvalue weighted by Gasteiger charge is -2.35. The Morgan fingerprint density at radius 1 is 0.333 bits per heavy atom. The molecule has 0 saturated heterocycles. The van der Waals surface area contributed by atoms with E-state index in [1.807, 2.05) is 6.20 Å². The molecule has 4 nitrogen and oxygen atoms in total. The smallest absolute Gasteiger partial charge is 0.179 e. The van der Waals surface area contributed by atoms with Crippen LogP contribution in [0, 0.1) is 0 Å². The van der Waals surface area contributed by atoms with Gasteiger partial charge in [0.15, 0.2) is 8.07 Å². The predicted molar refractivity (Wildman–Crippen MR) is 363 cm³/mol. The molecule has 3 heterocycles. The van der Waals surface area contributed by atoms with Crippen LogP contribution in [-0.4, -0.2) is 24.3 Å². The van der Waals surface area contributed by atoms with E-state index in [1.165, 1.54) is 98.8 Å². The highest BCUT2D eigenvalue weighted by molar-refractivity contribution is 7.20. The average molecular weight is 1120 g/mol. The van der Waals surface area contributed by atoms with Crippen LogP contribution in [0.15, 0.2) is 231 Å². The van der Waals surface area contributed by atoms with Gasteiger partial charge in [-0.15, -0.1) is 0 Å². The minimum Gasteiger partial charge on any atom is -0.321 e. The van der Waals surface area contributed by atoms with Crippen molar-refractivity contribution in [3.05, 3.63) is 264 Å². The van der Waals surface area contributed by atoms with Crippen molar-refractivity contribution in [1.82, 2.24) is 9.55 Å². The molecule has 0 N–H and O–H groups in total. The molecule has 11 aromatic rings. The van der Waals surface area contributed by atoms with E-state index in [9.17, 15) is 0 Å². The number of hydrogen-bond donors (Lipinski definition) is 0. The summed E-state index contributed by atoms with van der Waals surface area (Å²) in [6, 6.07) is 85.7. The van der Waals surface area contributed by atoms with E-state index in [1.54, 1.807) is 0 Å². The van der Waals surface area contributed by atoms with E-state index in [-0.39, 0.29) is 27.1 Å². The third-order valence-corrected chi connectivity index (χ3v) is 22.9. The summed E-state index contributed by atoms with van der Waals surface area (Å²) in [6.07, 6.45) is 2.03. The van der Waals surface area contributed by atoms with Crippen molar-refractivity contribution in [1.29, 1.82) is 0 Å². The fourth-order valence-corrected chi connectivity index (χ4v) is 17.6. The van der Waals surface area contributed by atoms with Gasteiger partial charge in [0.05, 0.1) is 22.4 Å². The van der Waals surface area contributed by atoms with E-state index < -0.39 is 8.07 Å². The van der Waals surface area contributed by atoms with Crippen LogP contribution in [0.1, 0.15) is 130 Å². The highest BCUT2D eigenvalue weighted by Crippen LogP contribution is 2.46. The maximum atomic E-state index is 5.35. The van der Waals surface area contributed by atoms with Gasteiger partial charge in [0.2, 0.25) is 0 Å². The first kappa shape index (κ1) is 56.2. The predicted octanol–water partition coefficient (Wildman–Crippen LogP) is 18.0. The molecule has 9 aromatic carbocycles. The molecule has 0 unspecified atom stereocenters. The number of aromatic nitrogens is 2. The fraction of sp³-hybridized carbons (Fsp3) is 0.253. The third-order valence-electron chi connectivity index (χ3n) is 18.1. The zero-order valence-corrected chi connectivity index (χ0v) is 52.9. The molecule has 5 heteroatoms. The van der Waals surface area contributed by atoms with Gasteiger partial charge < -0.3 is 9.80 Å².